The fourth-order valence-corrected chi connectivity index (χ4v) is 4.02. The Kier molecular flexibility index (Phi) is 5.99. The topological polar surface area (TPSA) is 77.0 Å². The average molecular weight is 419 g/mol. The molecule has 0 unspecified atom stereocenters. The predicted octanol–water partition coefficient (Wildman–Crippen LogP) is 5.08. The van der Waals surface area contributed by atoms with Crippen molar-refractivity contribution in [3.63, 3.8) is 0 Å². The number of hydrogen-bond donors (Lipinski definition) is 1. The monoisotopic (exact) mass is 418 g/mol. The Balaban J connectivity index is 1.53. The number of nitrogens with one attached hydrogen (secondary N) is 1. The van der Waals surface area contributed by atoms with Crippen LogP contribution in [0.15, 0.2) is 60.1 Å². The van der Waals surface area contributed by atoms with Gasteiger partial charge in [-0.25, -0.2) is 9.97 Å². The Bertz CT molecular complexity index is 1140. The molecule has 1 aromatic carbocycles. The summed E-state index contributed by atoms with van der Waals surface area (Å²) < 4.78 is 6.01. The molecule has 152 valence electrons. The van der Waals surface area contributed by atoms with E-state index in [9.17, 15) is 4.79 Å². The van der Waals surface area contributed by atoms with Crippen molar-refractivity contribution in [1.29, 1.82) is 0 Å². The van der Waals surface area contributed by atoms with Gasteiger partial charge in [-0.3, -0.25) is 9.78 Å². The number of pyridine rings is 1. The van der Waals surface area contributed by atoms with E-state index >= 15 is 0 Å². The van der Waals surface area contributed by atoms with Gasteiger partial charge in [0.15, 0.2) is 5.78 Å². The Morgan fingerprint density at radius 3 is 2.70 bits per heavy atom. The van der Waals surface area contributed by atoms with Crippen molar-refractivity contribution < 1.29 is 9.53 Å². The van der Waals surface area contributed by atoms with Gasteiger partial charge in [-0.1, -0.05) is 18.2 Å². The maximum Gasteiger partial charge on any atom is 0.224 e. The number of rotatable bonds is 8. The Morgan fingerprint density at radius 1 is 1.13 bits per heavy atom. The number of anilines is 1. The molecular weight excluding hydrogens is 396 g/mol. The summed E-state index contributed by atoms with van der Waals surface area (Å²) in [6, 6.07) is 15.4. The largest absolute Gasteiger partial charge is 0.497 e. The molecule has 1 N–H and O–H groups in total. The summed E-state index contributed by atoms with van der Waals surface area (Å²) in [5.41, 5.74) is 3.22. The van der Waals surface area contributed by atoms with Crippen LogP contribution in [0.4, 0.5) is 5.95 Å². The number of aryl methyl sites for hydroxylation is 1. The molecule has 0 spiro atoms. The van der Waals surface area contributed by atoms with E-state index in [4.69, 9.17) is 4.74 Å². The maximum atomic E-state index is 13.0. The molecule has 0 bridgehead atoms. The number of hydrogen-bond acceptors (Lipinski definition) is 7. The van der Waals surface area contributed by atoms with Crippen LogP contribution in [0, 0.1) is 0 Å². The van der Waals surface area contributed by atoms with Crippen LogP contribution in [-0.2, 0) is 6.42 Å². The third kappa shape index (κ3) is 4.46. The molecule has 0 aliphatic rings. The smallest absolute Gasteiger partial charge is 0.224 e. The molecule has 0 aliphatic carbocycles. The molecule has 0 radical (unpaired) electrons. The van der Waals surface area contributed by atoms with Crippen molar-refractivity contribution in [2.75, 3.05) is 12.4 Å². The zero-order chi connectivity index (χ0) is 20.9. The molecule has 0 saturated carbocycles. The van der Waals surface area contributed by atoms with Crippen LogP contribution in [0.2, 0.25) is 0 Å². The second-order valence-corrected chi connectivity index (χ2v) is 7.84. The summed E-state index contributed by atoms with van der Waals surface area (Å²) in [7, 11) is 1.64. The Labute approximate surface area is 179 Å². The second kappa shape index (κ2) is 9.00. The fraction of sp³-hybridized carbons (Fsp3) is 0.217. The van der Waals surface area contributed by atoms with Crippen LogP contribution >= 0.6 is 11.3 Å². The van der Waals surface area contributed by atoms with E-state index in [0.29, 0.717) is 24.5 Å². The van der Waals surface area contributed by atoms with Crippen molar-refractivity contribution in [2.24, 2.45) is 0 Å². The van der Waals surface area contributed by atoms with Crippen molar-refractivity contribution in [3.05, 3.63) is 77.1 Å². The van der Waals surface area contributed by atoms with Crippen LogP contribution in [-0.4, -0.2) is 27.8 Å². The number of ketones is 1. The number of methoxy groups -OCH3 is 1. The van der Waals surface area contributed by atoms with E-state index in [-0.39, 0.29) is 11.8 Å². The van der Waals surface area contributed by atoms with Gasteiger partial charge in [0.25, 0.3) is 0 Å². The van der Waals surface area contributed by atoms with Gasteiger partial charge < -0.3 is 10.1 Å². The zero-order valence-electron chi connectivity index (χ0n) is 16.8. The summed E-state index contributed by atoms with van der Waals surface area (Å²) in [4.78, 5) is 26.5. The van der Waals surface area contributed by atoms with Crippen LogP contribution in [0.25, 0.3) is 10.2 Å². The van der Waals surface area contributed by atoms with E-state index in [1.807, 2.05) is 60.8 Å². The normalized spacial score (nSPS) is 11.9. The number of benzene rings is 1. The summed E-state index contributed by atoms with van der Waals surface area (Å²) in [6.45, 7) is 1.99. The number of Topliss-reactive ketones (excluding diaryl/α,β-unsaturated/α-hetero) is 1. The second-order valence-electron chi connectivity index (χ2n) is 6.92. The van der Waals surface area contributed by atoms with E-state index in [0.717, 1.165) is 27.2 Å². The number of ether oxygens (including phenoxy) is 1. The molecule has 4 rings (SSSR count). The SMILES string of the molecule is COc1ccc(CCC(=O)c2nc(N[C@@H](C)c3ccccn3)nc3ccsc23)cc1. The third-order valence-electron chi connectivity index (χ3n) is 4.84. The Hall–Kier alpha value is -3.32. The van der Waals surface area contributed by atoms with Crippen molar-refractivity contribution in [3.8, 4) is 5.75 Å². The molecule has 6 nitrogen and oxygen atoms in total. The van der Waals surface area contributed by atoms with Crippen molar-refractivity contribution >= 4 is 33.3 Å². The number of thiophene rings is 1. The van der Waals surface area contributed by atoms with Crippen molar-refractivity contribution in [2.45, 2.75) is 25.8 Å². The lowest BCUT2D eigenvalue weighted by atomic mass is 10.1. The van der Waals surface area contributed by atoms with Gasteiger partial charge in [-0.15, -0.1) is 11.3 Å². The number of fused-ring (bicyclic) bond motifs is 1. The third-order valence-corrected chi connectivity index (χ3v) is 5.75. The minimum atomic E-state index is -0.0791. The van der Waals surface area contributed by atoms with E-state index in [1.165, 1.54) is 11.3 Å². The number of carbonyl (C=O) groups excluding carboxylic acids is 1. The van der Waals surface area contributed by atoms with Crippen LogP contribution in [0.3, 0.4) is 0 Å². The standard InChI is InChI=1S/C23H22N4O2S/c1-15(18-5-3-4-13-24-18)25-23-26-19-12-14-30-22(19)21(27-23)20(28)11-8-16-6-9-17(29-2)10-7-16/h3-7,9-10,12-15H,8,11H2,1-2H3,(H,25,26,27)/t15-/m0/s1. The average Bonchev–Trinajstić information content (AvgIpc) is 3.26. The first-order chi connectivity index (χ1) is 14.6. The zero-order valence-corrected chi connectivity index (χ0v) is 17.6. The molecular formula is C23H22N4O2S. The number of carbonyl (C=O) groups is 1. The highest BCUT2D eigenvalue weighted by Gasteiger charge is 2.17. The highest BCUT2D eigenvalue weighted by molar-refractivity contribution is 7.17. The van der Waals surface area contributed by atoms with Gasteiger partial charge in [0.2, 0.25) is 5.95 Å². The molecule has 0 aliphatic heterocycles. The molecule has 0 saturated heterocycles. The summed E-state index contributed by atoms with van der Waals surface area (Å²) in [5, 5.41) is 5.21. The van der Waals surface area contributed by atoms with Gasteiger partial charge >= 0.3 is 0 Å². The van der Waals surface area contributed by atoms with Crippen LogP contribution in [0.1, 0.15) is 41.1 Å². The number of nitrogens with zero attached hydrogens (tertiary/aromatic N) is 3. The van der Waals surface area contributed by atoms with Crippen LogP contribution < -0.4 is 10.1 Å². The summed E-state index contributed by atoms with van der Waals surface area (Å²) in [6.07, 6.45) is 2.78. The molecule has 1 atom stereocenters. The number of aromatic nitrogens is 3. The van der Waals surface area contributed by atoms with Gasteiger partial charge in [0.1, 0.15) is 11.4 Å². The first kappa shape index (κ1) is 20.0. The molecule has 3 heterocycles. The first-order valence-corrected chi connectivity index (χ1v) is 10.6. The van der Waals surface area contributed by atoms with E-state index in [2.05, 4.69) is 20.3 Å². The van der Waals surface area contributed by atoms with Gasteiger partial charge in [0.05, 0.1) is 29.1 Å². The predicted molar refractivity (Wildman–Crippen MR) is 119 cm³/mol. The highest BCUT2D eigenvalue weighted by Crippen LogP contribution is 2.26. The highest BCUT2D eigenvalue weighted by atomic mass is 32.1. The Morgan fingerprint density at radius 2 is 1.97 bits per heavy atom. The molecule has 4 aromatic rings. The quantitative estimate of drug-likeness (QED) is 0.402. The molecule has 7 heteroatoms. The van der Waals surface area contributed by atoms with Crippen LogP contribution in [0.5, 0.6) is 5.75 Å². The van der Waals surface area contributed by atoms with Gasteiger partial charge in [-0.05, 0) is 54.6 Å². The van der Waals surface area contributed by atoms with Gasteiger partial charge in [-0.2, -0.15) is 0 Å². The minimum absolute atomic E-state index is 0.00853. The lowest BCUT2D eigenvalue weighted by Gasteiger charge is -2.14. The molecule has 3 aromatic heterocycles. The summed E-state index contributed by atoms with van der Waals surface area (Å²) in [5.74, 6) is 1.25. The first-order valence-electron chi connectivity index (χ1n) is 9.73. The van der Waals surface area contributed by atoms with E-state index in [1.54, 1.807) is 13.3 Å². The summed E-state index contributed by atoms with van der Waals surface area (Å²) >= 11 is 1.49. The van der Waals surface area contributed by atoms with Gasteiger partial charge in [0, 0.05) is 12.6 Å². The fourth-order valence-electron chi connectivity index (χ4n) is 3.19. The minimum Gasteiger partial charge on any atom is -0.497 e. The maximum absolute atomic E-state index is 13.0. The molecule has 30 heavy (non-hydrogen) atoms. The molecule has 0 amide bonds. The lowest BCUT2D eigenvalue weighted by Crippen LogP contribution is -2.13. The van der Waals surface area contributed by atoms with Crippen molar-refractivity contribution in [1.82, 2.24) is 15.0 Å². The molecule has 0 fully saturated rings. The lowest BCUT2D eigenvalue weighted by molar-refractivity contribution is 0.0980. The van der Waals surface area contributed by atoms with E-state index < -0.39 is 0 Å².